The SMILES string of the molecule is COc1ccc(N=C2NC(=O)C(=Cc3ccc(CC(=O)O)cc3)S2)cc1. The van der Waals surface area contributed by atoms with Crippen LogP contribution in [0.5, 0.6) is 5.75 Å². The fraction of sp³-hybridized carbons (Fsp3) is 0.105. The highest BCUT2D eigenvalue weighted by atomic mass is 32.2. The molecule has 0 saturated carbocycles. The molecule has 1 aliphatic rings. The topological polar surface area (TPSA) is 88.0 Å². The molecule has 0 bridgehead atoms. The third-order valence-electron chi connectivity index (χ3n) is 3.59. The maximum atomic E-state index is 12.1. The summed E-state index contributed by atoms with van der Waals surface area (Å²) in [5.41, 5.74) is 2.25. The van der Waals surface area contributed by atoms with Crippen molar-refractivity contribution in [2.45, 2.75) is 6.42 Å². The van der Waals surface area contributed by atoms with Gasteiger partial charge >= 0.3 is 5.97 Å². The molecule has 0 atom stereocenters. The molecule has 2 N–H and O–H groups in total. The number of carbonyl (C=O) groups is 2. The fourth-order valence-corrected chi connectivity index (χ4v) is 3.15. The number of benzene rings is 2. The highest BCUT2D eigenvalue weighted by molar-refractivity contribution is 8.18. The molecule has 1 aliphatic heterocycles. The number of nitrogens with zero attached hydrogens (tertiary/aromatic N) is 1. The molecule has 1 saturated heterocycles. The molecule has 2 aromatic carbocycles. The molecule has 0 aromatic heterocycles. The summed E-state index contributed by atoms with van der Waals surface area (Å²) in [4.78, 5) is 27.8. The normalized spacial score (nSPS) is 16.7. The highest BCUT2D eigenvalue weighted by Crippen LogP contribution is 2.28. The molecular weight excluding hydrogens is 352 g/mol. The van der Waals surface area contributed by atoms with Gasteiger partial charge in [-0.2, -0.15) is 0 Å². The van der Waals surface area contributed by atoms with Gasteiger partial charge in [-0.25, -0.2) is 4.99 Å². The maximum Gasteiger partial charge on any atom is 0.307 e. The Morgan fingerprint density at radius 3 is 2.50 bits per heavy atom. The quantitative estimate of drug-likeness (QED) is 0.791. The average Bonchev–Trinajstić information content (AvgIpc) is 2.96. The van der Waals surface area contributed by atoms with Crippen LogP contribution in [0.4, 0.5) is 5.69 Å². The van der Waals surface area contributed by atoms with Crippen molar-refractivity contribution in [1.29, 1.82) is 0 Å². The predicted molar refractivity (Wildman–Crippen MR) is 102 cm³/mol. The summed E-state index contributed by atoms with van der Waals surface area (Å²) < 4.78 is 5.10. The van der Waals surface area contributed by atoms with Crippen LogP contribution in [-0.2, 0) is 16.0 Å². The lowest BCUT2D eigenvalue weighted by atomic mass is 10.1. The molecule has 2 aromatic rings. The fourth-order valence-electron chi connectivity index (χ4n) is 2.31. The van der Waals surface area contributed by atoms with Crippen molar-refractivity contribution >= 4 is 40.6 Å². The van der Waals surface area contributed by atoms with E-state index in [-0.39, 0.29) is 12.3 Å². The van der Waals surface area contributed by atoms with E-state index in [2.05, 4.69) is 10.3 Å². The number of aliphatic carboxylic acids is 1. The molecule has 1 fully saturated rings. The molecule has 6 nitrogen and oxygen atoms in total. The van der Waals surface area contributed by atoms with Crippen molar-refractivity contribution in [3.8, 4) is 5.75 Å². The first kappa shape index (κ1) is 17.8. The van der Waals surface area contributed by atoms with Gasteiger partial charge in [0.15, 0.2) is 5.17 Å². The minimum atomic E-state index is -0.874. The van der Waals surface area contributed by atoms with E-state index in [0.29, 0.717) is 21.3 Å². The number of amidine groups is 1. The van der Waals surface area contributed by atoms with Gasteiger partial charge in [-0.05, 0) is 53.2 Å². The van der Waals surface area contributed by atoms with Gasteiger partial charge in [0.25, 0.3) is 5.91 Å². The second-order valence-corrected chi connectivity index (χ2v) is 6.52. The van der Waals surface area contributed by atoms with Crippen molar-refractivity contribution in [1.82, 2.24) is 5.32 Å². The lowest BCUT2D eigenvalue weighted by Crippen LogP contribution is -2.19. The summed E-state index contributed by atoms with van der Waals surface area (Å²) in [6.45, 7) is 0. The number of hydrogen-bond donors (Lipinski definition) is 2. The van der Waals surface area contributed by atoms with Crippen LogP contribution in [0.2, 0.25) is 0 Å². The number of nitrogens with one attached hydrogen (secondary N) is 1. The summed E-state index contributed by atoms with van der Waals surface area (Å²) in [5, 5.41) is 12.0. The molecule has 1 heterocycles. The van der Waals surface area contributed by atoms with Crippen LogP contribution in [0, 0.1) is 0 Å². The van der Waals surface area contributed by atoms with Crippen LogP contribution in [0.25, 0.3) is 6.08 Å². The second-order valence-electron chi connectivity index (χ2n) is 5.49. The van der Waals surface area contributed by atoms with Crippen LogP contribution in [0.15, 0.2) is 58.4 Å². The zero-order valence-electron chi connectivity index (χ0n) is 13.9. The lowest BCUT2D eigenvalue weighted by Gasteiger charge is -2.00. The number of amides is 1. The van der Waals surface area contributed by atoms with E-state index in [0.717, 1.165) is 11.3 Å². The number of rotatable bonds is 5. The Kier molecular flexibility index (Phi) is 5.38. The average molecular weight is 368 g/mol. The second kappa shape index (κ2) is 7.88. The van der Waals surface area contributed by atoms with E-state index in [1.807, 2.05) is 0 Å². The van der Waals surface area contributed by atoms with Crippen molar-refractivity contribution < 1.29 is 19.4 Å². The zero-order chi connectivity index (χ0) is 18.5. The van der Waals surface area contributed by atoms with Gasteiger partial charge in [-0.3, -0.25) is 9.59 Å². The van der Waals surface area contributed by atoms with E-state index in [4.69, 9.17) is 9.84 Å². The molecule has 1 amide bonds. The predicted octanol–water partition coefficient (Wildman–Crippen LogP) is 3.21. The standard InChI is InChI=1S/C19H16N2O4S/c1-25-15-8-6-14(7-9-15)20-19-21-18(24)16(26-19)10-12-2-4-13(5-3-12)11-17(22)23/h2-10H,11H2,1H3,(H,22,23)(H,20,21,24). The van der Waals surface area contributed by atoms with Crippen LogP contribution in [0.1, 0.15) is 11.1 Å². The van der Waals surface area contributed by atoms with E-state index < -0.39 is 5.97 Å². The Hall–Kier alpha value is -3.06. The molecule has 26 heavy (non-hydrogen) atoms. The minimum absolute atomic E-state index is 0.0231. The molecule has 0 aliphatic carbocycles. The van der Waals surface area contributed by atoms with Crippen molar-refractivity contribution in [3.63, 3.8) is 0 Å². The third kappa shape index (κ3) is 4.52. The number of methoxy groups -OCH3 is 1. The van der Waals surface area contributed by atoms with Crippen molar-refractivity contribution in [3.05, 3.63) is 64.6 Å². The molecule has 3 rings (SSSR count). The van der Waals surface area contributed by atoms with Crippen LogP contribution in [-0.4, -0.2) is 29.3 Å². The van der Waals surface area contributed by atoms with E-state index in [1.54, 1.807) is 61.7 Å². The molecular formula is C19H16N2O4S. The third-order valence-corrected chi connectivity index (χ3v) is 4.50. The highest BCUT2D eigenvalue weighted by Gasteiger charge is 2.23. The van der Waals surface area contributed by atoms with Gasteiger partial charge in [0.05, 0.1) is 24.1 Å². The van der Waals surface area contributed by atoms with Crippen LogP contribution < -0.4 is 10.1 Å². The van der Waals surface area contributed by atoms with E-state index in [9.17, 15) is 9.59 Å². The minimum Gasteiger partial charge on any atom is -0.497 e. The van der Waals surface area contributed by atoms with Crippen molar-refractivity contribution in [2.75, 3.05) is 7.11 Å². The van der Waals surface area contributed by atoms with Gasteiger partial charge in [0.1, 0.15) is 5.75 Å². The first-order valence-electron chi connectivity index (χ1n) is 7.78. The molecule has 7 heteroatoms. The number of carbonyl (C=O) groups excluding carboxylic acids is 1. The summed E-state index contributed by atoms with van der Waals surface area (Å²) in [6, 6.07) is 14.3. The number of thioether (sulfide) groups is 1. The van der Waals surface area contributed by atoms with Gasteiger partial charge in [0.2, 0.25) is 0 Å². The van der Waals surface area contributed by atoms with Crippen LogP contribution >= 0.6 is 11.8 Å². The maximum absolute atomic E-state index is 12.1. The van der Waals surface area contributed by atoms with Gasteiger partial charge in [0, 0.05) is 0 Å². The first-order chi connectivity index (χ1) is 12.5. The largest absolute Gasteiger partial charge is 0.497 e. The lowest BCUT2D eigenvalue weighted by molar-refractivity contribution is -0.136. The Morgan fingerprint density at radius 1 is 1.19 bits per heavy atom. The van der Waals surface area contributed by atoms with E-state index >= 15 is 0 Å². The zero-order valence-corrected chi connectivity index (χ0v) is 14.7. The number of carboxylic acids is 1. The first-order valence-corrected chi connectivity index (χ1v) is 8.59. The summed E-state index contributed by atoms with van der Waals surface area (Å²) >= 11 is 1.26. The molecule has 0 radical (unpaired) electrons. The monoisotopic (exact) mass is 368 g/mol. The summed E-state index contributed by atoms with van der Waals surface area (Å²) in [6.07, 6.45) is 1.73. The molecule has 0 unspecified atom stereocenters. The Morgan fingerprint density at radius 2 is 1.88 bits per heavy atom. The molecule has 132 valence electrons. The number of hydrogen-bond acceptors (Lipinski definition) is 5. The van der Waals surface area contributed by atoms with Crippen molar-refractivity contribution in [2.24, 2.45) is 4.99 Å². The smallest absolute Gasteiger partial charge is 0.307 e. The van der Waals surface area contributed by atoms with E-state index in [1.165, 1.54) is 11.8 Å². The number of ether oxygens (including phenoxy) is 1. The number of aliphatic imine (C=N–C) groups is 1. The van der Waals surface area contributed by atoms with Gasteiger partial charge in [-0.1, -0.05) is 24.3 Å². The Labute approximate surface area is 154 Å². The van der Waals surface area contributed by atoms with Gasteiger partial charge < -0.3 is 15.2 Å². The summed E-state index contributed by atoms with van der Waals surface area (Å²) in [7, 11) is 1.60. The number of carboxylic acid groups (broad SMARTS) is 1. The Balaban J connectivity index is 1.73. The van der Waals surface area contributed by atoms with Gasteiger partial charge in [-0.15, -0.1) is 0 Å². The summed E-state index contributed by atoms with van der Waals surface area (Å²) in [5.74, 6) is -0.345. The Bertz CT molecular complexity index is 887. The molecule has 0 spiro atoms. The van der Waals surface area contributed by atoms with Crippen LogP contribution in [0.3, 0.4) is 0 Å².